The molecule has 2 rings (SSSR count). The molecule has 1 aliphatic carbocycles. The fourth-order valence-electron chi connectivity index (χ4n) is 2.43. The summed E-state index contributed by atoms with van der Waals surface area (Å²) in [6.07, 6.45) is 2.47. The van der Waals surface area contributed by atoms with Gasteiger partial charge in [0, 0.05) is 19.5 Å². The zero-order valence-electron chi connectivity index (χ0n) is 11.5. The summed E-state index contributed by atoms with van der Waals surface area (Å²) in [6.45, 7) is 0.528. The Morgan fingerprint density at radius 1 is 1.50 bits per heavy atom. The quantitative estimate of drug-likeness (QED) is 0.855. The van der Waals surface area contributed by atoms with Crippen LogP contribution in [0, 0.1) is 5.92 Å². The van der Waals surface area contributed by atoms with E-state index in [-0.39, 0.29) is 30.4 Å². The van der Waals surface area contributed by atoms with Crippen LogP contribution in [0.25, 0.3) is 0 Å². The van der Waals surface area contributed by atoms with E-state index in [2.05, 4.69) is 5.32 Å². The first-order chi connectivity index (χ1) is 9.58. The van der Waals surface area contributed by atoms with E-state index in [9.17, 15) is 14.7 Å². The van der Waals surface area contributed by atoms with Crippen molar-refractivity contribution in [3.63, 3.8) is 0 Å². The maximum Gasteiger partial charge on any atom is 0.264 e. The Kier molecular flexibility index (Phi) is 5.14. The molecular formula is C14H20N2O3S. The highest BCUT2D eigenvalue weighted by Gasteiger charge is 2.25. The van der Waals surface area contributed by atoms with Crippen molar-refractivity contribution in [3.8, 4) is 0 Å². The van der Waals surface area contributed by atoms with E-state index in [1.165, 1.54) is 16.2 Å². The van der Waals surface area contributed by atoms with Crippen molar-refractivity contribution < 1.29 is 14.7 Å². The minimum Gasteiger partial charge on any atom is -0.393 e. The van der Waals surface area contributed by atoms with E-state index in [1.54, 1.807) is 13.1 Å². The third-order valence-corrected chi connectivity index (χ3v) is 4.50. The minimum atomic E-state index is -0.305. The standard InChI is InChI=1S/C14H20N2O3S/c1-16(14(19)12-6-3-7-20-12)9-13(18)15-8-10-4-2-5-11(10)17/h3,6-7,10-11,17H,2,4-5,8-9H2,1H3,(H,15,18). The lowest BCUT2D eigenvalue weighted by atomic mass is 10.1. The highest BCUT2D eigenvalue weighted by Crippen LogP contribution is 2.24. The molecule has 5 nitrogen and oxygen atoms in total. The number of rotatable bonds is 5. The summed E-state index contributed by atoms with van der Waals surface area (Å²) in [6, 6.07) is 3.56. The third-order valence-electron chi connectivity index (χ3n) is 3.64. The van der Waals surface area contributed by atoms with Crippen LogP contribution < -0.4 is 5.32 Å². The Morgan fingerprint density at radius 3 is 2.90 bits per heavy atom. The van der Waals surface area contributed by atoms with E-state index in [4.69, 9.17) is 0 Å². The SMILES string of the molecule is CN(CC(=O)NCC1CCCC1O)C(=O)c1cccs1. The molecule has 1 aromatic rings. The van der Waals surface area contributed by atoms with E-state index in [0.717, 1.165) is 19.3 Å². The number of hydrogen-bond donors (Lipinski definition) is 2. The van der Waals surface area contributed by atoms with Gasteiger partial charge in [0.05, 0.1) is 17.5 Å². The summed E-state index contributed by atoms with van der Waals surface area (Å²) >= 11 is 1.36. The maximum atomic E-state index is 12.0. The second kappa shape index (κ2) is 6.85. The molecule has 110 valence electrons. The molecule has 2 atom stereocenters. The van der Waals surface area contributed by atoms with Gasteiger partial charge in [0.25, 0.3) is 5.91 Å². The van der Waals surface area contributed by atoms with Crippen LogP contribution in [0.5, 0.6) is 0 Å². The van der Waals surface area contributed by atoms with Crippen molar-refractivity contribution >= 4 is 23.2 Å². The molecule has 2 N–H and O–H groups in total. The molecule has 0 saturated heterocycles. The molecule has 1 saturated carbocycles. The summed E-state index contributed by atoms with van der Waals surface area (Å²) < 4.78 is 0. The number of hydrogen-bond acceptors (Lipinski definition) is 4. The van der Waals surface area contributed by atoms with Crippen molar-refractivity contribution in [2.45, 2.75) is 25.4 Å². The lowest BCUT2D eigenvalue weighted by molar-refractivity contribution is -0.121. The molecule has 0 aromatic carbocycles. The Hall–Kier alpha value is -1.40. The Morgan fingerprint density at radius 2 is 2.30 bits per heavy atom. The normalized spacial score (nSPS) is 21.7. The highest BCUT2D eigenvalue weighted by atomic mass is 32.1. The number of carbonyl (C=O) groups excluding carboxylic acids is 2. The Labute approximate surface area is 122 Å². The molecule has 1 aromatic heterocycles. The van der Waals surface area contributed by atoms with E-state index < -0.39 is 0 Å². The molecule has 0 aliphatic heterocycles. The summed E-state index contributed by atoms with van der Waals surface area (Å²) in [5, 5.41) is 14.3. The molecule has 0 spiro atoms. The fourth-order valence-corrected chi connectivity index (χ4v) is 3.15. The Bertz CT molecular complexity index is 461. The summed E-state index contributed by atoms with van der Waals surface area (Å²) in [7, 11) is 1.62. The van der Waals surface area contributed by atoms with Gasteiger partial charge in [-0.05, 0) is 24.3 Å². The average molecular weight is 296 g/mol. The molecule has 1 aliphatic rings. The number of amides is 2. The van der Waals surface area contributed by atoms with Gasteiger partial charge in [0.2, 0.25) is 5.91 Å². The summed E-state index contributed by atoms with van der Waals surface area (Å²) in [5.74, 6) is -0.176. The molecule has 2 unspecified atom stereocenters. The van der Waals surface area contributed by atoms with Gasteiger partial charge in [-0.2, -0.15) is 0 Å². The molecule has 0 radical (unpaired) electrons. The first-order valence-electron chi connectivity index (χ1n) is 6.81. The predicted molar refractivity (Wildman–Crippen MR) is 77.6 cm³/mol. The van der Waals surface area contributed by atoms with Gasteiger partial charge in [-0.3, -0.25) is 9.59 Å². The third kappa shape index (κ3) is 3.80. The van der Waals surface area contributed by atoms with Crippen LogP contribution in [0.4, 0.5) is 0 Å². The number of aliphatic hydroxyl groups is 1. The van der Waals surface area contributed by atoms with Gasteiger partial charge < -0.3 is 15.3 Å². The summed E-state index contributed by atoms with van der Waals surface area (Å²) in [5.41, 5.74) is 0. The molecule has 0 bridgehead atoms. The predicted octanol–water partition coefficient (Wildman–Crippen LogP) is 1.10. The van der Waals surface area contributed by atoms with Crippen molar-refractivity contribution in [1.29, 1.82) is 0 Å². The van der Waals surface area contributed by atoms with Crippen molar-refractivity contribution in [1.82, 2.24) is 10.2 Å². The number of nitrogens with one attached hydrogen (secondary N) is 1. The van der Waals surface area contributed by atoms with Crippen LogP contribution >= 0.6 is 11.3 Å². The Balaban J connectivity index is 1.75. The monoisotopic (exact) mass is 296 g/mol. The van der Waals surface area contributed by atoms with Crippen LogP contribution in [-0.4, -0.2) is 48.1 Å². The number of nitrogens with zero attached hydrogens (tertiary/aromatic N) is 1. The number of aliphatic hydroxyl groups excluding tert-OH is 1. The molecule has 6 heteroatoms. The minimum absolute atomic E-state index is 0.0412. The van der Waals surface area contributed by atoms with E-state index >= 15 is 0 Å². The molecule has 2 amide bonds. The zero-order valence-corrected chi connectivity index (χ0v) is 12.4. The smallest absolute Gasteiger partial charge is 0.264 e. The van der Waals surface area contributed by atoms with E-state index in [0.29, 0.717) is 11.4 Å². The number of carbonyl (C=O) groups is 2. The molecule has 1 heterocycles. The summed E-state index contributed by atoms with van der Waals surface area (Å²) in [4.78, 5) is 25.8. The second-order valence-electron chi connectivity index (χ2n) is 5.20. The maximum absolute atomic E-state index is 12.0. The van der Waals surface area contributed by atoms with Crippen LogP contribution in [0.2, 0.25) is 0 Å². The molecule has 1 fully saturated rings. The lowest BCUT2D eigenvalue weighted by Crippen LogP contribution is -2.40. The molecular weight excluding hydrogens is 276 g/mol. The second-order valence-corrected chi connectivity index (χ2v) is 6.15. The fraction of sp³-hybridized carbons (Fsp3) is 0.571. The van der Waals surface area contributed by atoms with Gasteiger partial charge in [0.15, 0.2) is 0 Å². The first-order valence-corrected chi connectivity index (χ1v) is 7.69. The van der Waals surface area contributed by atoms with Gasteiger partial charge in [-0.15, -0.1) is 11.3 Å². The lowest BCUT2D eigenvalue weighted by Gasteiger charge is -2.18. The van der Waals surface area contributed by atoms with Crippen LogP contribution in [0.1, 0.15) is 28.9 Å². The van der Waals surface area contributed by atoms with Crippen molar-refractivity contribution in [2.24, 2.45) is 5.92 Å². The number of likely N-dealkylation sites (N-methyl/N-ethyl adjacent to an activating group) is 1. The van der Waals surface area contributed by atoms with Crippen LogP contribution in [0.15, 0.2) is 17.5 Å². The topological polar surface area (TPSA) is 69.6 Å². The van der Waals surface area contributed by atoms with Crippen molar-refractivity contribution in [3.05, 3.63) is 22.4 Å². The van der Waals surface area contributed by atoms with Gasteiger partial charge in [-0.25, -0.2) is 0 Å². The van der Waals surface area contributed by atoms with E-state index in [1.807, 2.05) is 11.4 Å². The zero-order chi connectivity index (χ0) is 14.5. The van der Waals surface area contributed by atoms with Crippen LogP contribution in [0.3, 0.4) is 0 Å². The van der Waals surface area contributed by atoms with Gasteiger partial charge >= 0.3 is 0 Å². The van der Waals surface area contributed by atoms with Crippen molar-refractivity contribution in [2.75, 3.05) is 20.1 Å². The first kappa shape index (κ1) is 15.0. The largest absolute Gasteiger partial charge is 0.393 e. The molecule has 20 heavy (non-hydrogen) atoms. The van der Waals surface area contributed by atoms with Gasteiger partial charge in [0.1, 0.15) is 0 Å². The number of thiophene rings is 1. The highest BCUT2D eigenvalue weighted by molar-refractivity contribution is 7.12. The van der Waals surface area contributed by atoms with Crippen LogP contribution in [-0.2, 0) is 4.79 Å². The van der Waals surface area contributed by atoms with Gasteiger partial charge in [-0.1, -0.05) is 12.5 Å². The average Bonchev–Trinajstić information content (AvgIpc) is 3.06.